The van der Waals surface area contributed by atoms with Crippen molar-refractivity contribution in [2.24, 2.45) is 0 Å². The van der Waals surface area contributed by atoms with E-state index < -0.39 is 0 Å². The molecule has 1 atom stereocenters. The van der Waals surface area contributed by atoms with E-state index in [9.17, 15) is 9.90 Å². The molecule has 0 aromatic heterocycles. The van der Waals surface area contributed by atoms with Crippen LogP contribution in [0.15, 0.2) is 54.2 Å². The highest BCUT2D eigenvalue weighted by atomic mass is 35.5. The highest BCUT2D eigenvalue weighted by molar-refractivity contribution is 6.31. The van der Waals surface area contributed by atoms with Crippen LogP contribution in [0.1, 0.15) is 24.3 Å². The summed E-state index contributed by atoms with van der Waals surface area (Å²) in [6.07, 6.45) is 2.74. The van der Waals surface area contributed by atoms with Crippen molar-refractivity contribution in [3.63, 3.8) is 0 Å². The van der Waals surface area contributed by atoms with Crippen molar-refractivity contribution in [2.75, 3.05) is 5.32 Å². The molecule has 1 aliphatic carbocycles. The van der Waals surface area contributed by atoms with Crippen molar-refractivity contribution in [1.82, 2.24) is 0 Å². The number of halogens is 2. The Morgan fingerprint density at radius 1 is 1.00 bits per heavy atom. The van der Waals surface area contributed by atoms with E-state index >= 15 is 0 Å². The number of aromatic hydroxyl groups is 1. The first-order valence-corrected chi connectivity index (χ1v) is 8.01. The molecule has 5 heteroatoms. The number of hydrogen-bond donors (Lipinski definition) is 2. The van der Waals surface area contributed by atoms with Gasteiger partial charge < -0.3 is 10.4 Å². The Balaban J connectivity index is 1.81. The van der Waals surface area contributed by atoms with E-state index in [0.29, 0.717) is 28.6 Å². The summed E-state index contributed by atoms with van der Waals surface area (Å²) in [6, 6.07) is 12.3. The van der Waals surface area contributed by atoms with Gasteiger partial charge in [0.25, 0.3) is 0 Å². The van der Waals surface area contributed by atoms with Gasteiger partial charge in [-0.15, -0.1) is 0 Å². The van der Waals surface area contributed by atoms with E-state index in [1.165, 1.54) is 6.07 Å². The molecule has 2 aromatic carbocycles. The Kier molecular flexibility index (Phi) is 4.60. The van der Waals surface area contributed by atoms with Crippen molar-refractivity contribution in [1.29, 1.82) is 0 Å². The van der Waals surface area contributed by atoms with E-state index in [4.69, 9.17) is 23.2 Å². The number of anilines is 1. The maximum atomic E-state index is 12.0. The lowest BCUT2D eigenvalue weighted by atomic mass is 9.85. The second-order valence-electron chi connectivity index (χ2n) is 5.58. The van der Waals surface area contributed by atoms with E-state index in [1.54, 1.807) is 18.2 Å². The molecule has 3 nitrogen and oxygen atoms in total. The number of rotatable bonds is 3. The van der Waals surface area contributed by atoms with Gasteiger partial charge in [-0.3, -0.25) is 4.79 Å². The summed E-state index contributed by atoms with van der Waals surface area (Å²) in [7, 11) is 0. The van der Waals surface area contributed by atoms with Gasteiger partial charge in [-0.25, -0.2) is 0 Å². The van der Waals surface area contributed by atoms with Crippen LogP contribution in [0, 0.1) is 0 Å². The predicted octanol–water partition coefficient (Wildman–Crippen LogP) is 5.14. The number of allylic oxidation sites excluding steroid dienone is 2. The quantitative estimate of drug-likeness (QED) is 0.755. The highest BCUT2D eigenvalue weighted by Crippen LogP contribution is 2.34. The smallest absolute Gasteiger partial charge is 0.158 e. The molecule has 1 aliphatic rings. The Morgan fingerprint density at radius 2 is 1.70 bits per heavy atom. The van der Waals surface area contributed by atoms with Gasteiger partial charge in [0.05, 0.1) is 5.69 Å². The van der Waals surface area contributed by atoms with Gasteiger partial charge in [-0.1, -0.05) is 35.3 Å². The fraction of sp³-hybridized carbons (Fsp3) is 0.167. The van der Waals surface area contributed by atoms with Crippen LogP contribution in [-0.4, -0.2) is 10.9 Å². The summed E-state index contributed by atoms with van der Waals surface area (Å²) >= 11 is 11.9. The molecule has 0 bridgehead atoms. The summed E-state index contributed by atoms with van der Waals surface area (Å²) < 4.78 is 0. The molecule has 0 saturated carbocycles. The van der Waals surface area contributed by atoms with Crippen molar-refractivity contribution >= 4 is 34.7 Å². The molecule has 0 aliphatic heterocycles. The zero-order valence-corrected chi connectivity index (χ0v) is 13.7. The number of ketones is 1. The van der Waals surface area contributed by atoms with Crippen molar-refractivity contribution in [2.45, 2.75) is 18.8 Å². The van der Waals surface area contributed by atoms with Crippen LogP contribution in [0.3, 0.4) is 0 Å². The third kappa shape index (κ3) is 3.87. The van der Waals surface area contributed by atoms with Crippen LogP contribution in [0.2, 0.25) is 10.0 Å². The number of phenolic OH excluding ortho intramolecular Hbond substituents is 1. The first-order valence-electron chi connectivity index (χ1n) is 7.25. The third-order valence-corrected chi connectivity index (χ3v) is 4.33. The lowest BCUT2D eigenvalue weighted by Crippen LogP contribution is -2.16. The van der Waals surface area contributed by atoms with Gasteiger partial charge in [-0.2, -0.15) is 0 Å². The number of hydrogen-bond acceptors (Lipinski definition) is 3. The monoisotopic (exact) mass is 347 g/mol. The van der Waals surface area contributed by atoms with Gasteiger partial charge >= 0.3 is 0 Å². The van der Waals surface area contributed by atoms with Crippen LogP contribution >= 0.6 is 23.2 Å². The largest absolute Gasteiger partial charge is 0.506 e. The van der Waals surface area contributed by atoms with Gasteiger partial charge in [-0.05, 0) is 48.2 Å². The molecule has 0 radical (unpaired) electrons. The summed E-state index contributed by atoms with van der Waals surface area (Å²) in [5.41, 5.74) is 2.33. The molecule has 0 fully saturated rings. The zero-order chi connectivity index (χ0) is 16.4. The van der Waals surface area contributed by atoms with Crippen molar-refractivity contribution in [3.8, 4) is 5.75 Å². The predicted molar refractivity (Wildman–Crippen MR) is 93.3 cm³/mol. The molecule has 118 valence electrons. The molecule has 3 rings (SSSR count). The van der Waals surface area contributed by atoms with Crippen molar-refractivity contribution < 1.29 is 9.90 Å². The lowest BCUT2D eigenvalue weighted by molar-refractivity contribution is -0.115. The SMILES string of the molecule is O=C1C=C(Nc2cc(Cl)ccc2O)C[C@@H](c2ccc(Cl)cc2)C1. The lowest BCUT2D eigenvalue weighted by Gasteiger charge is -2.23. The molecular formula is C18H15Cl2NO2. The summed E-state index contributed by atoms with van der Waals surface area (Å²) in [6.45, 7) is 0. The van der Waals surface area contributed by atoms with Gasteiger partial charge in [0.15, 0.2) is 5.78 Å². The average Bonchev–Trinajstić information content (AvgIpc) is 2.51. The second kappa shape index (κ2) is 6.65. The number of carbonyl (C=O) groups excluding carboxylic acids is 1. The first-order chi connectivity index (χ1) is 11.0. The molecule has 0 unspecified atom stereocenters. The number of carbonyl (C=O) groups is 1. The average molecular weight is 348 g/mol. The van der Waals surface area contributed by atoms with Crippen LogP contribution in [0.4, 0.5) is 5.69 Å². The first kappa shape index (κ1) is 15.9. The Bertz CT molecular complexity index is 769. The molecule has 2 N–H and O–H groups in total. The van der Waals surface area contributed by atoms with Gasteiger partial charge in [0, 0.05) is 28.2 Å². The van der Waals surface area contributed by atoms with E-state index in [0.717, 1.165) is 11.3 Å². The van der Waals surface area contributed by atoms with Gasteiger partial charge in [0.2, 0.25) is 0 Å². The molecule has 0 amide bonds. The van der Waals surface area contributed by atoms with E-state index in [1.807, 2.05) is 24.3 Å². The van der Waals surface area contributed by atoms with Crippen LogP contribution < -0.4 is 5.32 Å². The Morgan fingerprint density at radius 3 is 2.43 bits per heavy atom. The maximum absolute atomic E-state index is 12.0. The fourth-order valence-electron chi connectivity index (χ4n) is 2.73. The summed E-state index contributed by atoms with van der Waals surface area (Å²) in [4.78, 5) is 12.0. The van der Waals surface area contributed by atoms with Crippen molar-refractivity contribution in [3.05, 3.63) is 69.8 Å². The normalized spacial score (nSPS) is 17.7. The summed E-state index contributed by atoms with van der Waals surface area (Å²) in [5.74, 6) is 0.241. The minimum absolute atomic E-state index is 0.0558. The maximum Gasteiger partial charge on any atom is 0.158 e. The standard InChI is InChI=1S/C18H15Cl2NO2/c19-13-3-1-11(2-4-13)12-7-15(10-16(22)8-12)21-17-9-14(20)5-6-18(17)23/h1-6,9-10,12,21,23H,7-8H2/t12-/m1/s1. The number of phenols is 1. The Labute approximate surface area is 144 Å². The van der Waals surface area contributed by atoms with E-state index in [2.05, 4.69) is 5.32 Å². The number of nitrogens with one attached hydrogen (secondary N) is 1. The van der Waals surface area contributed by atoms with Gasteiger partial charge in [0.1, 0.15) is 5.75 Å². The van der Waals surface area contributed by atoms with Crippen LogP contribution in [-0.2, 0) is 4.79 Å². The Hall–Kier alpha value is -1.97. The zero-order valence-electron chi connectivity index (χ0n) is 12.2. The highest BCUT2D eigenvalue weighted by Gasteiger charge is 2.22. The van der Waals surface area contributed by atoms with E-state index in [-0.39, 0.29) is 17.5 Å². The fourth-order valence-corrected chi connectivity index (χ4v) is 3.03. The number of benzene rings is 2. The van der Waals surface area contributed by atoms with Crippen LogP contribution in [0.5, 0.6) is 5.75 Å². The molecule has 2 aromatic rings. The molecule has 0 spiro atoms. The third-order valence-electron chi connectivity index (χ3n) is 3.84. The second-order valence-corrected chi connectivity index (χ2v) is 6.45. The summed E-state index contributed by atoms with van der Waals surface area (Å²) in [5, 5.41) is 14.2. The molecule has 0 heterocycles. The molecule has 0 saturated heterocycles. The molecular weight excluding hydrogens is 333 g/mol. The topological polar surface area (TPSA) is 49.3 Å². The van der Waals surface area contributed by atoms with Crippen LogP contribution in [0.25, 0.3) is 0 Å². The minimum atomic E-state index is 0.0558. The minimum Gasteiger partial charge on any atom is -0.506 e. The molecule has 23 heavy (non-hydrogen) atoms.